The zero-order chi connectivity index (χ0) is 20.8. The van der Waals surface area contributed by atoms with Crippen LogP contribution in [-0.2, 0) is 10.0 Å². The van der Waals surface area contributed by atoms with Crippen LogP contribution in [-0.4, -0.2) is 19.5 Å². The predicted octanol–water partition coefficient (Wildman–Crippen LogP) is 5.65. The van der Waals surface area contributed by atoms with Gasteiger partial charge in [0.25, 0.3) is 10.0 Å². The highest BCUT2D eigenvalue weighted by Crippen LogP contribution is 2.35. The van der Waals surface area contributed by atoms with Gasteiger partial charge >= 0.3 is 0 Å². The molecule has 7 heteroatoms. The molecule has 0 saturated carbocycles. The number of rotatable bonds is 4. The third-order valence-electron chi connectivity index (χ3n) is 4.72. The minimum atomic E-state index is -4.07. The fourth-order valence-corrected chi connectivity index (χ4v) is 5.02. The lowest BCUT2D eigenvalue weighted by Crippen LogP contribution is -2.14. The van der Waals surface area contributed by atoms with Gasteiger partial charge in [0.15, 0.2) is 0 Å². The van der Waals surface area contributed by atoms with Crippen molar-refractivity contribution in [2.75, 3.05) is 7.11 Å². The van der Waals surface area contributed by atoms with Crippen LogP contribution < -0.4 is 4.74 Å². The number of aromatic nitrogens is 1. The Morgan fingerprint density at radius 2 is 1.62 bits per heavy atom. The molecule has 0 N–H and O–H groups in total. The van der Waals surface area contributed by atoms with Crippen molar-refractivity contribution in [1.29, 1.82) is 0 Å². The summed E-state index contributed by atoms with van der Waals surface area (Å²) in [4.78, 5) is 0.0738. The Balaban J connectivity index is 2.06. The average Bonchev–Trinajstić information content (AvgIpc) is 3.09. The first-order valence-corrected chi connectivity index (χ1v) is 10.6. The van der Waals surface area contributed by atoms with Crippen molar-refractivity contribution in [3.63, 3.8) is 0 Å². The highest BCUT2D eigenvalue weighted by atomic mass is 35.5. The number of hydrogen-bond donors (Lipinski definition) is 0. The van der Waals surface area contributed by atoms with Crippen molar-refractivity contribution >= 4 is 32.5 Å². The maximum absolute atomic E-state index is 14.9. The summed E-state index contributed by atoms with van der Waals surface area (Å²) in [6.07, 6.45) is 0. The smallest absolute Gasteiger partial charge is 0.268 e. The van der Waals surface area contributed by atoms with Crippen molar-refractivity contribution < 1.29 is 17.5 Å². The van der Waals surface area contributed by atoms with E-state index in [0.717, 1.165) is 15.6 Å². The van der Waals surface area contributed by atoms with Crippen molar-refractivity contribution in [1.82, 2.24) is 3.97 Å². The topological polar surface area (TPSA) is 48.3 Å². The summed E-state index contributed by atoms with van der Waals surface area (Å²) >= 11 is 6.00. The molecule has 4 aromatic rings. The third kappa shape index (κ3) is 3.39. The molecule has 0 aliphatic rings. The lowest BCUT2D eigenvalue weighted by Gasteiger charge is -2.13. The number of nitrogens with zero attached hydrogens (tertiary/aromatic N) is 1. The molecule has 0 amide bonds. The molecule has 0 saturated heterocycles. The number of fused-ring (bicyclic) bond motifs is 1. The van der Waals surface area contributed by atoms with Gasteiger partial charge in [-0.15, -0.1) is 0 Å². The van der Waals surface area contributed by atoms with E-state index in [2.05, 4.69) is 0 Å². The van der Waals surface area contributed by atoms with Gasteiger partial charge < -0.3 is 4.74 Å². The van der Waals surface area contributed by atoms with Gasteiger partial charge in [0.2, 0.25) is 0 Å². The Morgan fingerprint density at radius 3 is 2.24 bits per heavy atom. The molecule has 148 valence electrons. The van der Waals surface area contributed by atoms with Crippen LogP contribution in [0.25, 0.3) is 22.2 Å². The molecule has 0 atom stereocenters. The van der Waals surface area contributed by atoms with E-state index >= 15 is 0 Å². The first-order valence-electron chi connectivity index (χ1n) is 8.78. The molecule has 4 rings (SSSR count). The van der Waals surface area contributed by atoms with Crippen molar-refractivity contribution in [3.8, 4) is 17.0 Å². The van der Waals surface area contributed by atoms with E-state index in [1.54, 1.807) is 55.6 Å². The molecular formula is C22H17ClFNO3S. The Morgan fingerprint density at radius 1 is 0.966 bits per heavy atom. The molecule has 0 bridgehead atoms. The van der Waals surface area contributed by atoms with Crippen molar-refractivity contribution in [2.24, 2.45) is 0 Å². The molecular weight excluding hydrogens is 413 g/mol. The highest BCUT2D eigenvalue weighted by molar-refractivity contribution is 7.90. The Hall–Kier alpha value is -2.83. The lowest BCUT2D eigenvalue weighted by atomic mass is 10.1. The molecule has 1 aromatic heterocycles. The van der Waals surface area contributed by atoms with E-state index in [9.17, 15) is 12.8 Å². The molecule has 29 heavy (non-hydrogen) atoms. The second-order valence-corrected chi connectivity index (χ2v) is 8.89. The molecule has 0 unspecified atom stereocenters. The van der Waals surface area contributed by atoms with Crippen molar-refractivity contribution in [2.45, 2.75) is 11.8 Å². The van der Waals surface area contributed by atoms with Crippen LogP contribution >= 0.6 is 11.6 Å². The number of methoxy groups -OCH3 is 1. The van der Waals surface area contributed by atoms with E-state index in [-0.39, 0.29) is 15.4 Å². The van der Waals surface area contributed by atoms with Gasteiger partial charge in [-0.25, -0.2) is 16.8 Å². The average molecular weight is 430 g/mol. The summed E-state index contributed by atoms with van der Waals surface area (Å²) in [7, 11) is -2.52. The number of benzene rings is 3. The zero-order valence-electron chi connectivity index (χ0n) is 15.7. The molecule has 0 aliphatic heterocycles. The van der Waals surface area contributed by atoms with Gasteiger partial charge in [0.05, 0.1) is 17.7 Å². The van der Waals surface area contributed by atoms with Gasteiger partial charge in [-0.05, 0) is 67.1 Å². The molecule has 4 nitrogen and oxygen atoms in total. The fourth-order valence-electron chi connectivity index (χ4n) is 3.26. The lowest BCUT2D eigenvalue weighted by molar-refractivity contribution is 0.415. The third-order valence-corrected chi connectivity index (χ3v) is 6.66. The van der Waals surface area contributed by atoms with Gasteiger partial charge in [0, 0.05) is 10.4 Å². The summed E-state index contributed by atoms with van der Waals surface area (Å²) < 4.78 is 48.1. The summed E-state index contributed by atoms with van der Waals surface area (Å²) in [5, 5.41) is 0.595. The van der Waals surface area contributed by atoms with Gasteiger partial charge in [0.1, 0.15) is 17.1 Å². The summed E-state index contributed by atoms with van der Waals surface area (Å²) in [5.41, 5.74) is 1.83. The first-order chi connectivity index (χ1) is 13.8. The zero-order valence-corrected chi connectivity index (χ0v) is 17.3. The van der Waals surface area contributed by atoms with E-state index in [4.69, 9.17) is 16.3 Å². The Bertz CT molecular complexity index is 1310. The van der Waals surface area contributed by atoms with E-state index < -0.39 is 15.8 Å². The van der Waals surface area contributed by atoms with Crippen LogP contribution in [0.3, 0.4) is 0 Å². The second-order valence-electron chi connectivity index (χ2n) is 6.67. The van der Waals surface area contributed by atoms with Crippen LogP contribution in [0.1, 0.15) is 5.56 Å². The van der Waals surface area contributed by atoms with Gasteiger partial charge in [-0.1, -0.05) is 29.3 Å². The van der Waals surface area contributed by atoms with E-state index in [0.29, 0.717) is 22.4 Å². The summed E-state index contributed by atoms with van der Waals surface area (Å²) in [6, 6.07) is 17.6. The van der Waals surface area contributed by atoms with Crippen LogP contribution in [0.2, 0.25) is 5.02 Å². The Kier molecular flexibility index (Phi) is 4.84. The number of halogens is 2. The molecule has 3 aromatic carbocycles. The number of aryl methyl sites for hydroxylation is 1. The minimum absolute atomic E-state index is 0.0409. The number of hydrogen-bond acceptors (Lipinski definition) is 3. The van der Waals surface area contributed by atoms with Gasteiger partial charge in [-0.3, -0.25) is 0 Å². The fraction of sp³-hybridized carbons (Fsp3) is 0.0909. The van der Waals surface area contributed by atoms with Gasteiger partial charge in [-0.2, -0.15) is 0 Å². The second kappa shape index (κ2) is 7.21. The molecule has 0 spiro atoms. The summed E-state index contributed by atoms with van der Waals surface area (Å²) in [6.45, 7) is 1.87. The molecule has 0 aliphatic carbocycles. The highest BCUT2D eigenvalue weighted by Gasteiger charge is 2.26. The molecule has 0 fully saturated rings. The first kappa shape index (κ1) is 19.5. The maximum Gasteiger partial charge on any atom is 0.268 e. The maximum atomic E-state index is 14.9. The van der Waals surface area contributed by atoms with Crippen LogP contribution in [0.5, 0.6) is 5.75 Å². The van der Waals surface area contributed by atoms with E-state index in [1.807, 2.05) is 6.92 Å². The summed E-state index contributed by atoms with van der Waals surface area (Å²) in [5.74, 6) is -0.0741. The number of ether oxygens (including phenoxy) is 1. The van der Waals surface area contributed by atoms with Crippen molar-refractivity contribution in [3.05, 3.63) is 83.1 Å². The predicted molar refractivity (Wildman–Crippen MR) is 113 cm³/mol. The quantitative estimate of drug-likeness (QED) is 0.421. The van der Waals surface area contributed by atoms with E-state index in [1.165, 1.54) is 12.1 Å². The SMILES string of the molecule is COc1ccc(-c2cc3cc(Cl)cc(F)c3n2S(=O)(=O)c2ccc(C)cc2)cc1. The molecule has 1 heterocycles. The Labute approximate surface area is 173 Å². The normalized spacial score (nSPS) is 11.7. The minimum Gasteiger partial charge on any atom is -0.497 e. The molecule has 0 radical (unpaired) electrons. The van der Waals surface area contributed by atoms with Crippen LogP contribution in [0, 0.1) is 12.7 Å². The largest absolute Gasteiger partial charge is 0.497 e. The van der Waals surface area contributed by atoms with Crippen LogP contribution in [0.4, 0.5) is 4.39 Å². The van der Waals surface area contributed by atoms with Crippen LogP contribution in [0.15, 0.2) is 71.6 Å². The standard InChI is InChI=1S/C22H17ClFNO3S/c1-14-3-9-19(10-4-14)29(26,27)25-21(15-5-7-18(28-2)8-6-15)12-16-11-17(23)13-20(24)22(16)25/h3-13H,1-2H3. The monoisotopic (exact) mass is 429 g/mol.